The zero-order valence-electron chi connectivity index (χ0n) is 15.9. The van der Waals surface area contributed by atoms with Crippen molar-refractivity contribution in [2.45, 2.75) is 18.8 Å². The van der Waals surface area contributed by atoms with Crippen LogP contribution in [0.15, 0.2) is 36.4 Å². The molecule has 1 aliphatic rings. The first kappa shape index (κ1) is 18.6. The van der Waals surface area contributed by atoms with Gasteiger partial charge in [0.1, 0.15) is 5.82 Å². The van der Waals surface area contributed by atoms with Crippen LogP contribution in [0.4, 0.5) is 0 Å². The second-order valence-corrected chi connectivity index (χ2v) is 7.33. The molecule has 1 N–H and O–H groups in total. The lowest BCUT2D eigenvalue weighted by Gasteiger charge is -2.32. The Kier molecular flexibility index (Phi) is 5.13. The number of imidazole rings is 1. The second-order valence-electron chi connectivity index (χ2n) is 6.92. The number of methoxy groups -OCH3 is 2. The third kappa shape index (κ3) is 3.40. The molecular formula is C21H22ClN3O3. The molecule has 4 rings (SSSR count). The van der Waals surface area contributed by atoms with Crippen molar-refractivity contribution in [2.24, 2.45) is 0 Å². The molecule has 1 atom stereocenters. The molecule has 0 radical (unpaired) electrons. The van der Waals surface area contributed by atoms with E-state index in [0.717, 1.165) is 29.7 Å². The van der Waals surface area contributed by atoms with Gasteiger partial charge in [-0.05, 0) is 37.1 Å². The van der Waals surface area contributed by atoms with Gasteiger partial charge < -0.3 is 19.4 Å². The number of likely N-dealkylation sites (tertiary alicyclic amines) is 1. The zero-order chi connectivity index (χ0) is 19.7. The monoisotopic (exact) mass is 399 g/mol. The number of ether oxygens (including phenoxy) is 2. The molecule has 7 heteroatoms. The van der Waals surface area contributed by atoms with Gasteiger partial charge in [-0.3, -0.25) is 4.79 Å². The number of hydrogen-bond acceptors (Lipinski definition) is 4. The van der Waals surface area contributed by atoms with Gasteiger partial charge in [-0.15, -0.1) is 0 Å². The normalized spacial score (nSPS) is 17.0. The fraction of sp³-hybridized carbons (Fsp3) is 0.333. The van der Waals surface area contributed by atoms with Gasteiger partial charge in [0.15, 0.2) is 11.5 Å². The number of amides is 1. The number of hydrogen-bond donors (Lipinski definition) is 1. The van der Waals surface area contributed by atoms with E-state index >= 15 is 0 Å². The summed E-state index contributed by atoms with van der Waals surface area (Å²) in [5, 5.41) is 0.357. The largest absolute Gasteiger partial charge is 0.493 e. The minimum absolute atomic E-state index is 0.0661. The van der Waals surface area contributed by atoms with Crippen LogP contribution < -0.4 is 9.47 Å². The molecule has 2 aromatic carbocycles. The van der Waals surface area contributed by atoms with Crippen LogP contribution in [0.3, 0.4) is 0 Å². The van der Waals surface area contributed by atoms with Gasteiger partial charge in [-0.1, -0.05) is 23.7 Å². The van der Waals surface area contributed by atoms with Crippen molar-refractivity contribution in [1.29, 1.82) is 0 Å². The lowest BCUT2D eigenvalue weighted by atomic mass is 9.96. The molecule has 0 bridgehead atoms. The maximum atomic E-state index is 13.1. The number of nitrogens with one attached hydrogen (secondary N) is 1. The van der Waals surface area contributed by atoms with E-state index < -0.39 is 0 Å². The van der Waals surface area contributed by atoms with Crippen LogP contribution in [-0.4, -0.2) is 48.1 Å². The minimum atomic E-state index is -0.0661. The lowest BCUT2D eigenvalue weighted by Crippen LogP contribution is -2.39. The molecule has 1 saturated heterocycles. The highest BCUT2D eigenvalue weighted by Crippen LogP contribution is 2.37. The van der Waals surface area contributed by atoms with Crippen LogP contribution in [0.25, 0.3) is 11.0 Å². The average molecular weight is 400 g/mol. The summed E-state index contributed by atoms with van der Waals surface area (Å²) in [6.45, 7) is 1.33. The van der Waals surface area contributed by atoms with E-state index in [1.165, 1.54) is 14.2 Å². The molecule has 1 aliphatic heterocycles. The summed E-state index contributed by atoms with van der Waals surface area (Å²) in [6, 6.07) is 11.3. The van der Waals surface area contributed by atoms with Gasteiger partial charge in [-0.25, -0.2) is 4.98 Å². The first-order valence-corrected chi connectivity index (χ1v) is 9.64. The Morgan fingerprint density at radius 2 is 2.07 bits per heavy atom. The number of H-pyrrole nitrogens is 1. The fourth-order valence-electron chi connectivity index (χ4n) is 3.77. The standard InChI is InChI=1S/C21H22ClN3O3/c1-27-18-11-14(10-15(22)19(18)28-2)21(26)25-9-5-6-13(12-25)20-23-16-7-3-4-8-17(16)24-20/h3-4,7-8,10-11,13H,5-6,9,12H2,1-2H3,(H,23,24). The van der Waals surface area contributed by atoms with Crippen LogP contribution in [0.1, 0.15) is 34.9 Å². The summed E-state index contributed by atoms with van der Waals surface area (Å²) in [4.78, 5) is 23.1. The highest BCUT2D eigenvalue weighted by Gasteiger charge is 2.28. The molecule has 2 heterocycles. The second kappa shape index (κ2) is 7.72. The number of aromatic nitrogens is 2. The third-order valence-corrected chi connectivity index (χ3v) is 5.46. The first-order chi connectivity index (χ1) is 13.6. The molecule has 0 saturated carbocycles. The van der Waals surface area contributed by atoms with Crippen molar-refractivity contribution >= 4 is 28.5 Å². The number of carbonyl (C=O) groups is 1. The van der Waals surface area contributed by atoms with Crippen molar-refractivity contribution in [3.8, 4) is 11.5 Å². The Bertz CT molecular complexity index is 984. The molecule has 0 aliphatic carbocycles. The molecule has 28 heavy (non-hydrogen) atoms. The van der Waals surface area contributed by atoms with Gasteiger partial charge in [0.2, 0.25) is 0 Å². The molecule has 1 unspecified atom stereocenters. The molecule has 1 amide bonds. The maximum absolute atomic E-state index is 13.1. The molecule has 146 valence electrons. The SMILES string of the molecule is COc1cc(C(=O)N2CCCC(c3nc4ccccc4[nH]3)C2)cc(Cl)c1OC. The van der Waals surface area contributed by atoms with Crippen molar-refractivity contribution in [1.82, 2.24) is 14.9 Å². The van der Waals surface area contributed by atoms with E-state index in [2.05, 4.69) is 4.98 Å². The van der Waals surface area contributed by atoms with Crippen LogP contribution in [0.5, 0.6) is 11.5 Å². The zero-order valence-corrected chi connectivity index (χ0v) is 16.6. The number of fused-ring (bicyclic) bond motifs is 1. The van der Waals surface area contributed by atoms with E-state index in [4.69, 9.17) is 26.1 Å². The first-order valence-electron chi connectivity index (χ1n) is 9.26. The van der Waals surface area contributed by atoms with Crippen molar-refractivity contribution in [3.63, 3.8) is 0 Å². The highest BCUT2D eigenvalue weighted by atomic mass is 35.5. The van der Waals surface area contributed by atoms with Gasteiger partial charge in [0.05, 0.1) is 30.3 Å². The number of carbonyl (C=O) groups excluding carboxylic acids is 1. The predicted octanol–water partition coefficient (Wildman–Crippen LogP) is 4.25. The number of halogens is 1. The van der Waals surface area contributed by atoms with Crippen LogP contribution in [0, 0.1) is 0 Å². The number of nitrogens with zero attached hydrogens (tertiary/aromatic N) is 2. The number of piperidine rings is 1. The molecule has 1 aromatic heterocycles. The van der Waals surface area contributed by atoms with E-state index in [0.29, 0.717) is 35.2 Å². The average Bonchev–Trinajstić information content (AvgIpc) is 3.17. The van der Waals surface area contributed by atoms with Crippen LogP contribution >= 0.6 is 11.6 Å². The van der Waals surface area contributed by atoms with Crippen molar-refractivity contribution < 1.29 is 14.3 Å². The van der Waals surface area contributed by atoms with Gasteiger partial charge in [0.25, 0.3) is 5.91 Å². The van der Waals surface area contributed by atoms with Gasteiger partial charge >= 0.3 is 0 Å². The van der Waals surface area contributed by atoms with E-state index in [9.17, 15) is 4.79 Å². The predicted molar refractivity (Wildman–Crippen MR) is 109 cm³/mol. The Balaban J connectivity index is 1.57. The smallest absolute Gasteiger partial charge is 0.254 e. The van der Waals surface area contributed by atoms with Gasteiger partial charge in [0, 0.05) is 24.6 Å². The number of para-hydroxylation sites is 2. The quantitative estimate of drug-likeness (QED) is 0.712. The molecule has 6 nitrogen and oxygen atoms in total. The van der Waals surface area contributed by atoms with E-state index in [1.807, 2.05) is 29.2 Å². The topological polar surface area (TPSA) is 67.5 Å². The summed E-state index contributed by atoms with van der Waals surface area (Å²) < 4.78 is 10.6. The van der Waals surface area contributed by atoms with Crippen molar-refractivity contribution in [3.05, 3.63) is 52.8 Å². The summed E-state index contributed by atoms with van der Waals surface area (Å²) in [5.41, 5.74) is 2.47. The third-order valence-electron chi connectivity index (χ3n) is 5.18. The Labute approximate surface area is 168 Å². The number of benzene rings is 2. The number of aromatic amines is 1. The number of rotatable bonds is 4. The molecule has 0 spiro atoms. The van der Waals surface area contributed by atoms with E-state index in [1.54, 1.807) is 12.1 Å². The molecular weight excluding hydrogens is 378 g/mol. The lowest BCUT2D eigenvalue weighted by molar-refractivity contribution is 0.0704. The highest BCUT2D eigenvalue weighted by molar-refractivity contribution is 6.32. The summed E-state index contributed by atoms with van der Waals surface area (Å²) in [6.07, 6.45) is 1.92. The Morgan fingerprint density at radius 3 is 2.82 bits per heavy atom. The summed E-state index contributed by atoms with van der Waals surface area (Å²) in [5.74, 6) is 1.93. The Hall–Kier alpha value is -2.73. The molecule has 3 aromatic rings. The van der Waals surface area contributed by atoms with Gasteiger partial charge in [-0.2, -0.15) is 0 Å². The minimum Gasteiger partial charge on any atom is -0.493 e. The summed E-state index contributed by atoms with van der Waals surface area (Å²) in [7, 11) is 3.05. The van der Waals surface area contributed by atoms with Crippen LogP contribution in [0.2, 0.25) is 5.02 Å². The summed E-state index contributed by atoms with van der Waals surface area (Å²) >= 11 is 6.28. The van der Waals surface area contributed by atoms with Crippen molar-refractivity contribution in [2.75, 3.05) is 27.3 Å². The molecule has 1 fully saturated rings. The van der Waals surface area contributed by atoms with E-state index in [-0.39, 0.29) is 11.8 Å². The maximum Gasteiger partial charge on any atom is 0.254 e. The Morgan fingerprint density at radius 1 is 1.25 bits per heavy atom. The fourth-order valence-corrected chi connectivity index (χ4v) is 4.06. The van der Waals surface area contributed by atoms with Crippen LogP contribution in [-0.2, 0) is 0 Å².